The second kappa shape index (κ2) is 1.56. The molecule has 3 nitrogen and oxygen atoms in total. The summed E-state index contributed by atoms with van der Waals surface area (Å²) < 4.78 is 1.69. The van der Waals surface area contributed by atoms with Gasteiger partial charge in [-0.05, 0) is 0 Å². The van der Waals surface area contributed by atoms with E-state index in [1.54, 1.807) is 16.1 Å². The fraction of sp³-hybridized carbons (Fsp3) is 0. The zero-order valence-electron chi connectivity index (χ0n) is 3.57. The third-order valence-electron chi connectivity index (χ3n) is 0.647. The van der Waals surface area contributed by atoms with Gasteiger partial charge in [0.05, 0.1) is 0 Å². The molecule has 0 atom stereocenters. The number of anilines is 1. The molecule has 0 aromatic carbocycles. The van der Waals surface area contributed by atoms with Crippen LogP contribution in [0.1, 0.15) is 0 Å². The zero-order valence-corrected chi connectivity index (χ0v) is 5.45. The summed E-state index contributed by atoms with van der Waals surface area (Å²) in [6, 6.07) is 0. The molecule has 0 aliphatic carbocycles. The number of hydrogen-bond acceptors (Lipinski definition) is 2. The summed E-state index contributed by atoms with van der Waals surface area (Å²) in [7, 11) is 0. The van der Waals surface area contributed by atoms with Crippen LogP contribution in [-0.2, 0) is 0 Å². The molecule has 4 heteroatoms. The van der Waals surface area contributed by atoms with E-state index in [1.165, 1.54) is 0 Å². The molecule has 0 saturated heterocycles. The zero-order chi connectivity index (χ0) is 5.28. The molecule has 0 aliphatic rings. The molecule has 7 heavy (non-hydrogen) atoms. The van der Waals surface area contributed by atoms with Crippen LogP contribution >= 0.6 is 0 Å². The Labute approximate surface area is 49.6 Å². The molecule has 0 unspecified atom stereocenters. The number of nitrogens with two attached hydrogens (primary N) is 1. The van der Waals surface area contributed by atoms with E-state index in [0.717, 1.165) is 0 Å². The van der Waals surface area contributed by atoms with E-state index < -0.39 is 0 Å². The predicted octanol–water partition coefficient (Wildman–Crippen LogP) is -0.871. The fourth-order valence-corrected chi connectivity index (χ4v) is 0.532. The minimum absolute atomic E-state index is 0.667. The van der Waals surface area contributed by atoms with Gasteiger partial charge in [0.25, 0.3) is 0 Å². The molecule has 1 heterocycles. The molecular weight excluding hydrogens is 157 g/mol. The molecule has 0 bridgehead atoms. The predicted molar refractivity (Wildman–Crippen MR) is 29.2 cm³/mol. The van der Waals surface area contributed by atoms with Gasteiger partial charge in [-0.1, -0.05) is 0 Å². The second-order valence-corrected chi connectivity index (χ2v) is 2.07. The van der Waals surface area contributed by atoms with Crippen molar-refractivity contribution in [1.29, 1.82) is 0 Å². The van der Waals surface area contributed by atoms with Crippen molar-refractivity contribution in [3.05, 3.63) is 12.5 Å². The number of imidazole rings is 1. The Bertz CT molecular complexity index is 142. The van der Waals surface area contributed by atoms with Gasteiger partial charge in [-0.25, -0.2) is 0 Å². The molecule has 0 aliphatic heterocycles. The van der Waals surface area contributed by atoms with Crippen LogP contribution in [0.15, 0.2) is 12.5 Å². The molecule has 1 aromatic heterocycles. The molecule has 1 aromatic rings. The SMILES string of the molecule is Nc1cncn1[SeH]. The van der Waals surface area contributed by atoms with Gasteiger partial charge < -0.3 is 0 Å². The second-order valence-electron chi connectivity index (χ2n) is 1.16. The Morgan fingerprint density at radius 3 is 2.71 bits per heavy atom. The van der Waals surface area contributed by atoms with Crippen molar-refractivity contribution >= 4 is 22.0 Å². The monoisotopic (exact) mass is 163 g/mol. The maximum absolute atomic E-state index is 5.32. The molecule has 1 rings (SSSR count). The molecule has 0 fully saturated rings. The molecule has 38 valence electrons. The summed E-state index contributed by atoms with van der Waals surface area (Å²) >= 11 is 2.26. The molecule has 0 amide bonds. The molecule has 0 spiro atoms. The van der Waals surface area contributed by atoms with Crippen LogP contribution in [0.3, 0.4) is 0 Å². The number of rotatable bonds is 0. The maximum atomic E-state index is 5.32. The van der Waals surface area contributed by atoms with Gasteiger partial charge in [0.2, 0.25) is 0 Å². The average Bonchev–Trinajstić information content (AvgIpc) is 1.91. The van der Waals surface area contributed by atoms with Gasteiger partial charge in [-0.2, -0.15) is 0 Å². The Kier molecular flexibility index (Phi) is 1.04. The van der Waals surface area contributed by atoms with Gasteiger partial charge >= 0.3 is 48.9 Å². The Hall–Kier alpha value is -0.471. The van der Waals surface area contributed by atoms with Gasteiger partial charge in [0.15, 0.2) is 0 Å². The number of nitrogens with zero attached hydrogens (tertiary/aromatic N) is 2. The third kappa shape index (κ3) is 0.759. The number of nitrogen functional groups attached to an aromatic ring is 1. The van der Waals surface area contributed by atoms with Crippen LogP contribution in [0.25, 0.3) is 0 Å². The van der Waals surface area contributed by atoms with Crippen LogP contribution in [0.2, 0.25) is 0 Å². The van der Waals surface area contributed by atoms with Crippen molar-refractivity contribution < 1.29 is 0 Å². The van der Waals surface area contributed by atoms with Crippen LogP contribution in [0, 0.1) is 0 Å². The molecule has 2 N–H and O–H groups in total. The average molecular weight is 162 g/mol. The van der Waals surface area contributed by atoms with Crippen molar-refractivity contribution in [3.8, 4) is 0 Å². The van der Waals surface area contributed by atoms with Crippen molar-refractivity contribution in [2.75, 3.05) is 5.73 Å². The number of hydrogen-bond donors (Lipinski definition) is 1. The summed E-state index contributed by atoms with van der Waals surface area (Å²) in [6.07, 6.45) is 3.23. The molecule has 0 radical (unpaired) electrons. The summed E-state index contributed by atoms with van der Waals surface area (Å²) in [5.41, 5.74) is 5.32. The Balaban J connectivity index is 3.12. The standard InChI is InChI=1S/C3H5N3Se/c4-3-1-5-2-6(3)7/h1-2,7H,4H2. The van der Waals surface area contributed by atoms with Crippen LogP contribution < -0.4 is 5.73 Å². The van der Waals surface area contributed by atoms with E-state index in [1.807, 2.05) is 0 Å². The number of aromatic nitrogens is 2. The van der Waals surface area contributed by atoms with Crippen LogP contribution in [-0.4, -0.2) is 24.8 Å². The van der Waals surface area contributed by atoms with Crippen molar-refractivity contribution in [3.63, 3.8) is 0 Å². The molecular formula is C3H5N3Se. The van der Waals surface area contributed by atoms with Crippen LogP contribution in [0.5, 0.6) is 0 Å². The van der Waals surface area contributed by atoms with Gasteiger partial charge in [0.1, 0.15) is 0 Å². The summed E-state index contributed by atoms with van der Waals surface area (Å²) in [5.74, 6) is 0.667. The first-order valence-corrected chi connectivity index (χ1v) is 2.61. The topological polar surface area (TPSA) is 43.8 Å². The van der Waals surface area contributed by atoms with E-state index in [0.29, 0.717) is 5.82 Å². The van der Waals surface area contributed by atoms with Crippen LogP contribution in [0.4, 0.5) is 5.82 Å². The van der Waals surface area contributed by atoms with E-state index in [-0.39, 0.29) is 0 Å². The third-order valence-corrected chi connectivity index (χ3v) is 1.35. The summed E-state index contributed by atoms with van der Waals surface area (Å²) in [5, 5.41) is 0. The van der Waals surface area contributed by atoms with E-state index >= 15 is 0 Å². The Morgan fingerprint density at radius 2 is 2.57 bits per heavy atom. The fourth-order valence-electron chi connectivity index (χ4n) is 0.299. The Morgan fingerprint density at radius 1 is 1.86 bits per heavy atom. The quantitative estimate of drug-likeness (QED) is 0.504. The normalized spacial score (nSPS) is 9.29. The first-order chi connectivity index (χ1) is 3.30. The minimum atomic E-state index is 0.667. The van der Waals surface area contributed by atoms with Crippen molar-refractivity contribution in [2.24, 2.45) is 0 Å². The van der Waals surface area contributed by atoms with E-state index in [2.05, 4.69) is 21.2 Å². The van der Waals surface area contributed by atoms with E-state index in [4.69, 9.17) is 5.73 Å². The van der Waals surface area contributed by atoms with Crippen molar-refractivity contribution in [1.82, 2.24) is 8.57 Å². The summed E-state index contributed by atoms with van der Waals surface area (Å²) in [6.45, 7) is 0. The first-order valence-electron chi connectivity index (χ1n) is 1.78. The van der Waals surface area contributed by atoms with Gasteiger partial charge in [-0.15, -0.1) is 0 Å². The van der Waals surface area contributed by atoms with E-state index in [9.17, 15) is 0 Å². The van der Waals surface area contributed by atoms with Crippen molar-refractivity contribution in [2.45, 2.75) is 0 Å². The van der Waals surface area contributed by atoms with Gasteiger partial charge in [-0.3, -0.25) is 0 Å². The van der Waals surface area contributed by atoms with Gasteiger partial charge in [0, 0.05) is 0 Å². The molecule has 0 saturated carbocycles. The summed E-state index contributed by atoms with van der Waals surface area (Å²) in [4.78, 5) is 3.74. The first kappa shape index (κ1) is 4.68.